The van der Waals surface area contributed by atoms with Crippen LogP contribution in [0.3, 0.4) is 0 Å². The Hall–Kier alpha value is -4.77. The van der Waals surface area contributed by atoms with Crippen LogP contribution in [0, 0.1) is 38.0 Å². The average molecular weight is 763 g/mol. The van der Waals surface area contributed by atoms with Crippen molar-refractivity contribution in [2.75, 3.05) is 43.4 Å². The lowest BCUT2D eigenvalue weighted by Gasteiger charge is -2.37. The van der Waals surface area contributed by atoms with E-state index in [-0.39, 0.29) is 11.9 Å². The first-order valence-corrected chi connectivity index (χ1v) is 20.6. The van der Waals surface area contributed by atoms with Crippen LogP contribution in [0.4, 0.5) is 11.4 Å². The number of fused-ring (bicyclic) bond motifs is 2. The number of hydrogen-bond donors (Lipinski definition) is 4. The molecule has 2 fully saturated rings. The molecular weight excluding hydrogens is 713 g/mol. The molecule has 0 bridgehead atoms. The fourth-order valence-corrected chi connectivity index (χ4v) is 9.47. The summed E-state index contributed by atoms with van der Waals surface area (Å²) in [7, 11) is 0. The van der Waals surface area contributed by atoms with Gasteiger partial charge in [0, 0.05) is 115 Å². The van der Waals surface area contributed by atoms with E-state index in [1.807, 2.05) is 49.7 Å². The van der Waals surface area contributed by atoms with Crippen LogP contribution in [0.15, 0.2) is 48.5 Å². The molecule has 8 rings (SSSR count). The van der Waals surface area contributed by atoms with Gasteiger partial charge in [-0.3, -0.25) is 4.79 Å². The zero-order chi connectivity index (χ0) is 37.8. The Morgan fingerprint density at radius 1 is 0.889 bits per heavy atom. The topological polar surface area (TPSA) is 131 Å². The van der Waals surface area contributed by atoms with Gasteiger partial charge in [-0.15, -0.1) is 35.0 Å². The SMILES string of the molecule is C#CCCN1C[C@@H](C)C[C@@H](Nc2c(-c3ncc(C)s3)cnc3[nH]ccc23)C1.CCC(=O)N1C[C@@H](C)C[C@@H](Nc2c(-c3nc(C)cs3)cnc3[nH]ccc23)C1. The van der Waals surface area contributed by atoms with Crippen LogP contribution in [0.2, 0.25) is 0 Å². The van der Waals surface area contributed by atoms with E-state index in [1.165, 1.54) is 4.88 Å². The first kappa shape index (κ1) is 37.5. The van der Waals surface area contributed by atoms with Crippen molar-refractivity contribution in [3.05, 3.63) is 59.1 Å². The van der Waals surface area contributed by atoms with Crippen molar-refractivity contribution in [1.82, 2.24) is 39.7 Å². The number of nitrogens with zero attached hydrogens (tertiary/aromatic N) is 6. The molecule has 0 aromatic carbocycles. The molecule has 2 aliphatic heterocycles. The molecule has 11 nitrogen and oxygen atoms in total. The second kappa shape index (κ2) is 16.7. The molecule has 6 aromatic rings. The number of thiazole rings is 2. The Morgan fingerprint density at radius 3 is 2.09 bits per heavy atom. The van der Waals surface area contributed by atoms with Crippen LogP contribution < -0.4 is 10.6 Å². The molecule has 13 heteroatoms. The summed E-state index contributed by atoms with van der Waals surface area (Å²) in [5, 5.41) is 13.8. The summed E-state index contributed by atoms with van der Waals surface area (Å²) in [5.41, 5.74) is 7.06. The molecule has 6 aromatic heterocycles. The van der Waals surface area contributed by atoms with Gasteiger partial charge in [0.15, 0.2) is 0 Å². The molecule has 4 atom stereocenters. The minimum absolute atomic E-state index is 0.213. The first-order valence-electron chi connectivity index (χ1n) is 18.9. The number of anilines is 2. The molecule has 0 spiro atoms. The molecule has 4 N–H and O–H groups in total. The minimum atomic E-state index is 0.213. The maximum Gasteiger partial charge on any atom is 0.222 e. The summed E-state index contributed by atoms with van der Waals surface area (Å²) >= 11 is 3.34. The number of rotatable bonds is 9. The molecule has 0 radical (unpaired) electrons. The number of piperidine rings is 2. The van der Waals surface area contributed by atoms with E-state index in [0.717, 1.165) is 112 Å². The summed E-state index contributed by atoms with van der Waals surface area (Å²) in [4.78, 5) is 42.8. The van der Waals surface area contributed by atoms with Crippen molar-refractivity contribution >= 4 is 62.0 Å². The van der Waals surface area contributed by atoms with Gasteiger partial charge in [0.25, 0.3) is 0 Å². The van der Waals surface area contributed by atoms with Gasteiger partial charge in [0.1, 0.15) is 21.3 Å². The van der Waals surface area contributed by atoms with Crippen LogP contribution in [0.5, 0.6) is 0 Å². The van der Waals surface area contributed by atoms with Crippen LogP contribution >= 0.6 is 22.7 Å². The third kappa shape index (κ3) is 8.46. The predicted octanol–water partition coefficient (Wildman–Crippen LogP) is 8.19. The van der Waals surface area contributed by atoms with E-state index in [4.69, 9.17) is 6.42 Å². The maximum absolute atomic E-state index is 12.2. The number of aromatic nitrogens is 6. The van der Waals surface area contributed by atoms with Gasteiger partial charge in [-0.05, 0) is 50.7 Å². The summed E-state index contributed by atoms with van der Waals surface area (Å²) < 4.78 is 0. The molecule has 0 saturated carbocycles. The number of carbonyl (C=O) groups excluding carboxylic acids is 1. The fraction of sp³-hybridized carbons (Fsp3) is 0.439. The number of carbonyl (C=O) groups is 1. The molecule has 0 aliphatic carbocycles. The lowest BCUT2D eigenvalue weighted by molar-refractivity contribution is -0.132. The third-order valence-electron chi connectivity index (χ3n) is 10.2. The molecule has 54 heavy (non-hydrogen) atoms. The average Bonchev–Trinajstić information content (AvgIpc) is 3.99. The largest absolute Gasteiger partial charge is 0.380 e. The highest BCUT2D eigenvalue weighted by Gasteiger charge is 2.29. The standard InChI is InChI=1S/C21H25N5S.C20H25N5OS/c1-4-5-8-26-12-14(2)9-16(13-26)25-19-17-6-7-22-20(17)23-11-18(19)21-24-10-15(3)27-21;1-4-17(26)25-9-12(2)7-14(10-25)24-18-15-5-6-21-19(15)22-8-16(18)20-23-13(3)11-27-20/h1,6-7,10-11,14,16H,5,8-9,12-13H2,2-3H3,(H2,22,23,25);5-6,8,11-12,14H,4,7,9-10H2,1-3H3,(H2,21,22,24)/t14-,16+;12-,14+/m00/s1. The molecule has 0 unspecified atom stereocenters. The van der Waals surface area contributed by atoms with Gasteiger partial charge < -0.3 is 30.4 Å². The maximum atomic E-state index is 12.2. The van der Waals surface area contributed by atoms with Gasteiger partial charge in [-0.2, -0.15) is 0 Å². The number of pyridine rings is 2. The van der Waals surface area contributed by atoms with Crippen LogP contribution in [0.1, 0.15) is 57.0 Å². The van der Waals surface area contributed by atoms with Gasteiger partial charge in [0.05, 0.1) is 22.5 Å². The zero-order valence-electron chi connectivity index (χ0n) is 31.8. The van der Waals surface area contributed by atoms with Crippen molar-refractivity contribution in [3.63, 3.8) is 0 Å². The Morgan fingerprint density at radius 2 is 1.52 bits per heavy atom. The summed E-state index contributed by atoms with van der Waals surface area (Å²) in [6, 6.07) is 4.74. The number of H-pyrrole nitrogens is 2. The van der Waals surface area contributed by atoms with Crippen LogP contribution in [-0.2, 0) is 4.79 Å². The first-order chi connectivity index (χ1) is 26.2. The number of aromatic amines is 2. The highest BCUT2D eigenvalue weighted by Crippen LogP contribution is 2.38. The predicted molar refractivity (Wildman–Crippen MR) is 223 cm³/mol. The smallest absolute Gasteiger partial charge is 0.222 e. The van der Waals surface area contributed by atoms with Gasteiger partial charge >= 0.3 is 0 Å². The number of aryl methyl sites for hydroxylation is 2. The molecular formula is C41H50N10OS2. The lowest BCUT2D eigenvalue weighted by Crippen LogP contribution is -2.48. The number of hydrogen-bond acceptors (Lipinski definition) is 10. The number of terminal acetylenes is 1. The van der Waals surface area contributed by atoms with Crippen molar-refractivity contribution in [2.24, 2.45) is 11.8 Å². The monoisotopic (exact) mass is 762 g/mol. The fourth-order valence-electron chi connectivity index (χ4n) is 7.87. The highest BCUT2D eigenvalue weighted by atomic mass is 32.1. The second-order valence-electron chi connectivity index (χ2n) is 14.9. The van der Waals surface area contributed by atoms with E-state index in [2.05, 4.69) is 89.6 Å². The number of nitrogens with one attached hydrogen (secondary N) is 4. The van der Waals surface area contributed by atoms with E-state index in [9.17, 15) is 4.79 Å². The molecule has 1 amide bonds. The Labute approximate surface area is 325 Å². The van der Waals surface area contributed by atoms with E-state index >= 15 is 0 Å². The third-order valence-corrected chi connectivity index (χ3v) is 12.1. The molecule has 8 heterocycles. The summed E-state index contributed by atoms with van der Waals surface area (Å²) in [6.45, 7) is 15.2. The lowest BCUT2D eigenvalue weighted by atomic mass is 9.95. The quantitative estimate of drug-likeness (QED) is 0.109. The number of likely N-dealkylation sites (tertiary alicyclic amines) is 2. The Balaban J connectivity index is 0.000000167. The highest BCUT2D eigenvalue weighted by molar-refractivity contribution is 7.15. The van der Waals surface area contributed by atoms with Crippen molar-refractivity contribution in [2.45, 2.75) is 72.4 Å². The van der Waals surface area contributed by atoms with Crippen LogP contribution in [-0.4, -0.2) is 90.4 Å². The summed E-state index contributed by atoms with van der Waals surface area (Å²) in [6.07, 6.45) is 18.6. The van der Waals surface area contributed by atoms with Crippen molar-refractivity contribution < 1.29 is 4.79 Å². The van der Waals surface area contributed by atoms with E-state index < -0.39 is 0 Å². The van der Waals surface area contributed by atoms with E-state index in [0.29, 0.717) is 24.3 Å². The summed E-state index contributed by atoms with van der Waals surface area (Å²) in [5.74, 6) is 4.11. The molecule has 282 valence electrons. The molecule has 2 saturated heterocycles. The Kier molecular flexibility index (Phi) is 11.6. The number of amides is 1. The van der Waals surface area contributed by atoms with Crippen LogP contribution in [0.25, 0.3) is 43.2 Å². The van der Waals surface area contributed by atoms with Crippen molar-refractivity contribution in [3.8, 4) is 33.5 Å². The Bertz CT molecular complexity index is 2240. The van der Waals surface area contributed by atoms with Gasteiger partial charge in [-0.25, -0.2) is 19.9 Å². The van der Waals surface area contributed by atoms with E-state index in [1.54, 1.807) is 22.7 Å². The van der Waals surface area contributed by atoms with Gasteiger partial charge in [-0.1, -0.05) is 20.8 Å². The second-order valence-corrected chi connectivity index (χ2v) is 17.0. The van der Waals surface area contributed by atoms with Gasteiger partial charge in [0.2, 0.25) is 5.91 Å². The van der Waals surface area contributed by atoms with Crippen molar-refractivity contribution in [1.29, 1.82) is 0 Å². The molecule has 2 aliphatic rings. The minimum Gasteiger partial charge on any atom is -0.380 e. The normalized spacial score (nSPS) is 20.4. The zero-order valence-corrected chi connectivity index (χ0v) is 33.4.